The minimum absolute atomic E-state index is 0.412. The van der Waals surface area contributed by atoms with Crippen LogP contribution in [-0.2, 0) is 6.42 Å². The normalized spacial score (nSPS) is 12.8. The van der Waals surface area contributed by atoms with Gasteiger partial charge in [-0.3, -0.25) is 0 Å². The van der Waals surface area contributed by atoms with E-state index < -0.39 is 0 Å². The molecular formula is C14H20N2S2. The summed E-state index contributed by atoms with van der Waals surface area (Å²) in [5, 5.41) is 9.19. The summed E-state index contributed by atoms with van der Waals surface area (Å²) in [4.78, 5) is 6.04. The highest BCUT2D eigenvalue weighted by Crippen LogP contribution is 2.27. The summed E-state index contributed by atoms with van der Waals surface area (Å²) in [5.41, 5.74) is 2.52. The van der Waals surface area contributed by atoms with E-state index in [2.05, 4.69) is 47.9 Å². The molecule has 2 nitrogen and oxygen atoms in total. The monoisotopic (exact) mass is 280 g/mol. The first-order valence-electron chi connectivity index (χ1n) is 6.39. The highest BCUT2D eigenvalue weighted by Gasteiger charge is 2.16. The van der Waals surface area contributed by atoms with Crippen LogP contribution >= 0.6 is 22.7 Å². The lowest BCUT2D eigenvalue weighted by Gasteiger charge is -2.17. The van der Waals surface area contributed by atoms with E-state index in [0.717, 1.165) is 25.1 Å². The molecule has 2 rings (SSSR count). The number of aryl methyl sites for hydroxylation is 2. The average Bonchev–Trinajstić information content (AvgIpc) is 2.93. The van der Waals surface area contributed by atoms with Crippen molar-refractivity contribution in [3.05, 3.63) is 38.0 Å². The second-order valence-corrected chi connectivity index (χ2v) is 6.45. The third-order valence-electron chi connectivity index (χ3n) is 2.90. The van der Waals surface area contributed by atoms with Gasteiger partial charge < -0.3 is 5.32 Å². The second-order valence-electron chi connectivity index (χ2n) is 4.56. The number of hydrogen-bond acceptors (Lipinski definition) is 4. The van der Waals surface area contributed by atoms with E-state index in [1.165, 1.54) is 15.4 Å². The minimum Gasteiger partial charge on any atom is -0.309 e. The zero-order valence-electron chi connectivity index (χ0n) is 11.2. The van der Waals surface area contributed by atoms with Crippen molar-refractivity contribution >= 4 is 22.7 Å². The van der Waals surface area contributed by atoms with E-state index in [1.54, 1.807) is 11.3 Å². The van der Waals surface area contributed by atoms with Crippen molar-refractivity contribution in [2.45, 2.75) is 39.7 Å². The minimum atomic E-state index is 0.412. The second kappa shape index (κ2) is 6.45. The lowest BCUT2D eigenvalue weighted by atomic mass is 10.1. The van der Waals surface area contributed by atoms with Crippen molar-refractivity contribution in [2.75, 3.05) is 6.54 Å². The maximum Gasteiger partial charge on any atom is 0.0947 e. The lowest BCUT2D eigenvalue weighted by Crippen LogP contribution is -2.23. The number of rotatable bonds is 6. The van der Waals surface area contributed by atoms with Gasteiger partial charge in [-0.25, -0.2) is 4.98 Å². The van der Waals surface area contributed by atoms with Gasteiger partial charge >= 0.3 is 0 Å². The molecule has 98 valence electrons. The summed E-state index contributed by atoms with van der Waals surface area (Å²) in [6.45, 7) is 7.52. The molecule has 0 aliphatic heterocycles. The predicted molar refractivity (Wildman–Crippen MR) is 80.6 cm³/mol. The SMILES string of the molecule is CCCNC(Cc1nc(C)cs1)c1sccc1C. The van der Waals surface area contributed by atoms with E-state index in [1.807, 2.05) is 11.3 Å². The molecule has 0 saturated carbocycles. The van der Waals surface area contributed by atoms with E-state index in [9.17, 15) is 0 Å². The molecule has 0 aliphatic carbocycles. The smallest absolute Gasteiger partial charge is 0.0947 e. The van der Waals surface area contributed by atoms with Gasteiger partial charge in [0.2, 0.25) is 0 Å². The third kappa shape index (κ3) is 3.40. The van der Waals surface area contributed by atoms with Gasteiger partial charge in [0.1, 0.15) is 0 Å². The number of thiazole rings is 1. The van der Waals surface area contributed by atoms with Crippen molar-refractivity contribution in [3.63, 3.8) is 0 Å². The molecule has 0 bridgehead atoms. The van der Waals surface area contributed by atoms with Crippen molar-refractivity contribution < 1.29 is 0 Å². The number of aromatic nitrogens is 1. The first kappa shape index (κ1) is 13.7. The van der Waals surface area contributed by atoms with Crippen LogP contribution in [-0.4, -0.2) is 11.5 Å². The largest absolute Gasteiger partial charge is 0.309 e. The standard InChI is InChI=1S/C14H20N2S2/c1-4-6-15-12(14-10(2)5-7-17-14)8-13-16-11(3)9-18-13/h5,7,9,12,15H,4,6,8H2,1-3H3. The molecule has 1 atom stereocenters. The van der Waals surface area contributed by atoms with Crippen molar-refractivity contribution in [2.24, 2.45) is 0 Å². The maximum absolute atomic E-state index is 4.58. The third-order valence-corrected chi connectivity index (χ3v) is 5.03. The number of thiophene rings is 1. The fourth-order valence-electron chi connectivity index (χ4n) is 1.99. The molecule has 4 heteroatoms. The fourth-order valence-corrected chi connectivity index (χ4v) is 3.81. The van der Waals surface area contributed by atoms with Crippen LogP contribution in [0.3, 0.4) is 0 Å². The average molecular weight is 280 g/mol. The Bertz CT molecular complexity index is 487. The Hall–Kier alpha value is -0.710. The summed E-state index contributed by atoms with van der Waals surface area (Å²) in [6, 6.07) is 2.61. The molecule has 0 aliphatic rings. The quantitative estimate of drug-likeness (QED) is 0.861. The maximum atomic E-state index is 4.58. The van der Waals surface area contributed by atoms with Crippen molar-refractivity contribution in [1.29, 1.82) is 0 Å². The van der Waals surface area contributed by atoms with Gasteiger partial charge in [0.05, 0.1) is 5.01 Å². The van der Waals surface area contributed by atoms with Crippen LogP contribution in [0.1, 0.15) is 40.5 Å². The first-order chi connectivity index (χ1) is 8.70. The van der Waals surface area contributed by atoms with Gasteiger partial charge in [0.15, 0.2) is 0 Å². The topological polar surface area (TPSA) is 24.9 Å². The summed E-state index contributed by atoms with van der Waals surface area (Å²) in [7, 11) is 0. The van der Waals surface area contributed by atoms with Gasteiger partial charge in [-0.15, -0.1) is 22.7 Å². The molecular weight excluding hydrogens is 260 g/mol. The molecule has 18 heavy (non-hydrogen) atoms. The summed E-state index contributed by atoms with van der Waals surface area (Å²) in [6.07, 6.45) is 2.16. The Morgan fingerprint density at radius 1 is 1.33 bits per heavy atom. The lowest BCUT2D eigenvalue weighted by molar-refractivity contribution is 0.533. The Kier molecular flexibility index (Phi) is 4.92. The highest BCUT2D eigenvalue weighted by atomic mass is 32.1. The Balaban J connectivity index is 2.12. The summed E-state index contributed by atoms with van der Waals surface area (Å²) in [5.74, 6) is 0. The Labute approximate surface area is 117 Å². The van der Waals surface area contributed by atoms with Crippen molar-refractivity contribution in [1.82, 2.24) is 10.3 Å². The zero-order valence-corrected chi connectivity index (χ0v) is 12.8. The van der Waals surface area contributed by atoms with Gasteiger partial charge in [0, 0.05) is 28.4 Å². The van der Waals surface area contributed by atoms with Crippen LogP contribution in [0.2, 0.25) is 0 Å². The molecule has 1 N–H and O–H groups in total. The number of nitrogens with zero attached hydrogens (tertiary/aromatic N) is 1. The van der Waals surface area contributed by atoms with Crippen LogP contribution in [0.25, 0.3) is 0 Å². The summed E-state index contributed by atoms with van der Waals surface area (Å²) >= 11 is 3.62. The highest BCUT2D eigenvalue weighted by molar-refractivity contribution is 7.10. The van der Waals surface area contributed by atoms with E-state index in [0.29, 0.717) is 6.04 Å². The predicted octanol–water partition coefficient (Wildman–Crippen LogP) is 4.10. The van der Waals surface area contributed by atoms with Crippen molar-refractivity contribution in [3.8, 4) is 0 Å². The van der Waals surface area contributed by atoms with Crippen LogP contribution in [0, 0.1) is 13.8 Å². The molecule has 0 saturated heterocycles. The molecule has 0 fully saturated rings. The molecule has 2 heterocycles. The molecule has 0 radical (unpaired) electrons. The van der Waals surface area contributed by atoms with Gasteiger partial charge in [-0.1, -0.05) is 6.92 Å². The summed E-state index contributed by atoms with van der Waals surface area (Å²) < 4.78 is 0. The van der Waals surface area contributed by atoms with Crippen LogP contribution < -0.4 is 5.32 Å². The van der Waals surface area contributed by atoms with Crippen LogP contribution in [0.15, 0.2) is 16.8 Å². The van der Waals surface area contributed by atoms with Crippen LogP contribution in [0.4, 0.5) is 0 Å². The Morgan fingerprint density at radius 2 is 2.17 bits per heavy atom. The molecule has 1 unspecified atom stereocenters. The first-order valence-corrected chi connectivity index (χ1v) is 8.15. The van der Waals surface area contributed by atoms with Gasteiger partial charge in [-0.2, -0.15) is 0 Å². The van der Waals surface area contributed by atoms with Gasteiger partial charge in [-0.05, 0) is 43.8 Å². The van der Waals surface area contributed by atoms with E-state index in [4.69, 9.17) is 0 Å². The molecule has 0 aromatic carbocycles. The van der Waals surface area contributed by atoms with E-state index >= 15 is 0 Å². The molecule has 0 amide bonds. The zero-order chi connectivity index (χ0) is 13.0. The fraction of sp³-hybridized carbons (Fsp3) is 0.500. The van der Waals surface area contributed by atoms with Crippen LogP contribution in [0.5, 0.6) is 0 Å². The molecule has 0 spiro atoms. The number of nitrogens with one attached hydrogen (secondary N) is 1. The van der Waals surface area contributed by atoms with Gasteiger partial charge in [0.25, 0.3) is 0 Å². The molecule has 2 aromatic rings. The van der Waals surface area contributed by atoms with E-state index in [-0.39, 0.29) is 0 Å². The molecule has 2 aromatic heterocycles. The Morgan fingerprint density at radius 3 is 2.72 bits per heavy atom. The number of hydrogen-bond donors (Lipinski definition) is 1.